The van der Waals surface area contributed by atoms with Crippen LogP contribution < -0.4 is 11.1 Å². The molecule has 3 N–H and O–H groups in total. The van der Waals surface area contributed by atoms with Crippen LogP contribution in [0.5, 0.6) is 0 Å². The molecule has 106 valence electrons. The van der Waals surface area contributed by atoms with Gasteiger partial charge in [0, 0.05) is 28.9 Å². The summed E-state index contributed by atoms with van der Waals surface area (Å²) in [5.41, 5.74) is 5.84. The normalized spacial score (nSPS) is 17.3. The number of rotatable bonds is 6. The fraction of sp³-hybridized carbons (Fsp3) is 0.500. The predicted octanol–water partition coefficient (Wildman–Crippen LogP) is 1.13. The van der Waals surface area contributed by atoms with E-state index in [0.29, 0.717) is 12.2 Å². The molecule has 0 spiro atoms. The van der Waals surface area contributed by atoms with Gasteiger partial charge in [-0.2, -0.15) is 0 Å². The molecule has 1 amide bonds. The van der Waals surface area contributed by atoms with Crippen molar-refractivity contribution in [3.05, 3.63) is 35.9 Å². The van der Waals surface area contributed by atoms with Crippen LogP contribution in [0.15, 0.2) is 30.3 Å². The Morgan fingerprint density at radius 2 is 2.00 bits per heavy atom. The lowest BCUT2D eigenvalue weighted by atomic mass is 9.92. The van der Waals surface area contributed by atoms with Crippen molar-refractivity contribution in [2.75, 3.05) is 12.0 Å². The lowest BCUT2D eigenvalue weighted by Gasteiger charge is -2.26. The lowest BCUT2D eigenvalue weighted by molar-refractivity contribution is -0.126. The monoisotopic (exact) mass is 282 g/mol. The van der Waals surface area contributed by atoms with Crippen LogP contribution >= 0.6 is 0 Å². The fourth-order valence-electron chi connectivity index (χ4n) is 1.70. The van der Waals surface area contributed by atoms with Crippen molar-refractivity contribution in [2.45, 2.75) is 31.8 Å². The third-order valence-corrected chi connectivity index (χ3v) is 3.87. The van der Waals surface area contributed by atoms with Gasteiger partial charge in [0.2, 0.25) is 5.91 Å². The lowest BCUT2D eigenvalue weighted by Crippen LogP contribution is -2.51. The molecule has 4 nitrogen and oxygen atoms in total. The first-order chi connectivity index (χ1) is 8.84. The minimum absolute atomic E-state index is 0.0389. The van der Waals surface area contributed by atoms with Crippen molar-refractivity contribution in [2.24, 2.45) is 5.73 Å². The molecular weight excluding hydrogens is 260 g/mol. The van der Waals surface area contributed by atoms with Crippen LogP contribution in [0, 0.1) is 0 Å². The number of carbonyl (C=O) groups excluding carboxylic acids is 1. The molecule has 3 atom stereocenters. The smallest absolute Gasteiger partial charge is 0.244 e. The maximum absolute atomic E-state index is 12.2. The second-order valence-electron chi connectivity index (χ2n) is 5.01. The number of benzene rings is 1. The summed E-state index contributed by atoms with van der Waals surface area (Å²) in [7, 11) is -0.841. The van der Waals surface area contributed by atoms with Crippen LogP contribution in [0.3, 0.4) is 0 Å². The number of nitrogens with two attached hydrogens (primary N) is 1. The minimum Gasteiger partial charge on any atom is -0.352 e. The maximum Gasteiger partial charge on any atom is 0.244 e. The summed E-state index contributed by atoms with van der Waals surface area (Å²) in [5, 5.41) is 2.88. The SMILES string of the molecule is CC(CCS(C)=O)NC(=O)C(C)(N)c1ccccc1. The minimum atomic E-state index is -1.05. The van der Waals surface area contributed by atoms with Gasteiger partial charge in [-0.15, -0.1) is 0 Å². The van der Waals surface area contributed by atoms with E-state index in [2.05, 4.69) is 5.32 Å². The molecule has 1 aromatic rings. The predicted molar refractivity (Wildman–Crippen MR) is 79.1 cm³/mol. The Labute approximate surface area is 117 Å². The molecule has 3 unspecified atom stereocenters. The zero-order valence-corrected chi connectivity index (χ0v) is 12.5. The van der Waals surface area contributed by atoms with Gasteiger partial charge in [-0.3, -0.25) is 9.00 Å². The Morgan fingerprint density at radius 3 is 2.53 bits per heavy atom. The molecule has 0 aliphatic carbocycles. The van der Waals surface area contributed by atoms with E-state index < -0.39 is 16.3 Å². The van der Waals surface area contributed by atoms with E-state index in [-0.39, 0.29) is 11.9 Å². The Bertz CT molecular complexity index is 446. The molecule has 0 saturated carbocycles. The van der Waals surface area contributed by atoms with Crippen molar-refractivity contribution in [1.29, 1.82) is 0 Å². The van der Waals surface area contributed by atoms with Crippen LogP contribution in [-0.4, -0.2) is 28.2 Å². The summed E-state index contributed by atoms with van der Waals surface area (Å²) in [6.07, 6.45) is 2.34. The summed E-state index contributed by atoms with van der Waals surface area (Å²) >= 11 is 0. The second kappa shape index (κ2) is 6.82. The number of nitrogens with one attached hydrogen (secondary N) is 1. The van der Waals surface area contributed by atoms with E-state index in [0.717, 1.165) is 5.56 Å². The molecule has 5 heteroatoms. The van der Waals surface area contributed by atoms with E-state index in [1.165, 1.54) is 0 Å². The van der Waals surface area contributed by atoms with Crippen LogP contribution in [0.1, 0.15) is 25.8 Å². The molecule has 0 aliphatic rings. The van der Waals surface area contributed by atoms with Crippen molar-refractivity contribution in [3.8, 4) is 0 Å². The number of carbonyl (C=O) groups is 1. The molecule has 0 radical (unpaired) electrons. The molecule has 0 fully saturated rings. The summed E-state index contributed by atoms with van der Waals surface area (Å²) in [4.78, 5) is 12.2. The molecule has 1 aromatic carbocycles. The van der Waals surface area contributed by atoms with Crippen LogP contribution in [0.4, 0.5) is 0 Å². The quantitative estimate of drug-likeness (QED) is 0.821. The Balaban J connectivity index is 2.64. The van der Waals surface area contributed by atoms with E-state index in [4.69, 9.17) is 5.73 Å². The average Bonchev–Trinajstić information content (AvgIpc) is 2.37. The largest absolute Gasteiger partial charge is 0.352 e. The van der Waals surface area contributed by atoms with Gasteiger partial charge in [-0.25, -0.2) is 0 Å². The first kappa shape index (κ1) is 15.9. The molecule has 0 bridgehead atoms. The van der Waals surface area contributed by atoms with Gasteiger partial charge in [-0.05, 0) is 25.8 Å². The fourth-order valence-corrected chi connectivity index (χ4v) is 2.39. The van der Waals surface area contributed by atoms with Gasteiger partial charge < -0.3 is 11.1 Å². The van der Waals surface area contributed by atoms with E-state index in [9.17, 15) is 9.00 Å². The highest BCUT2D eigenvalue weighted by Gasteiger charge is 2.30. The third-order valence-electron chi connectivity index (χ3n) is 3.06. The molecular formula is C14H22N2O2S. The molecule has 0 aromatic heterocycles. The van der Waals surface area contributed by atoms with Gasteiger partial charge >= 0.3 is 0 Å². The van der Waals surface area contributed by atoms with E-state index >= 15 is 0 Å². The summed E-state index contributed by atoms with van der Waals surface area (Å²) < 4.78 is 11.0. The highest BCUT2D eigenvalue weighted by Crippen LogP contribution is 2.17. The van der Waals surface area contributed by atoms with Crippen molar-refractivity contribution in [1.82, 2.24) is 5.32 Å². The van der Waals surface area contributed by atoms with Gasteiger partial charge in [0.25, 0.3) is 0 Å². The zero-order valence-electron chi connectivity index (χ0n) is 11.7. The van der Waals surface area contributed by atoms with Crippen LogP contribution in [-0.2, 0) is 21.1 Å². The Morgan fingerprint density at radius 1 is 1.42 bits per heavy atom. The van der Waals surface area contributed by atoms with Crippen LogP contribution in [0.25, 0.3) is 0 Å². The van der Waals surface area contributed by atoms with E-state index in [1.54, 1.807) is 13.2 Å². The second-order valence-corrected chi connectivity index (χ2v) is 6.56. The van der Waals surface area contributed by atoms with Crippen molar-refractivity contribution in [3.63, 3.8) is 0 Å². The number of amides is 1. The zero-order chi connectivity index (χ0) is 14.5. The maximum atomic E-state index is 12.2. The highest BCUT2D eigenvalue weighted by atomic mass is 32.2. The molecule has 0 aliphatic heterocycles. The Kier molecular flexibility index (Phi) is 5.69. The number of hydrogen-bond donors (Lipinski definition) is 2. The standard InChI is InChI=1S/C14H22N2O2S/c1-11(9-10-19(3)18)16-13(17)14(2,15)12-7-5-4-6-8-12/h4-8,11H,9-10,15H2,1-3H3,(H,16,17). The highest BCUT2D eigenvalue weighted by molar-refractivity contribution is 7.84. The van der Waals surface area contributed by atoms with Gasteiger partial charge in [0.05, 0.1) is 0 Å². The van der Waals surface area contributed by atoms with Gasteiger partial charge in [0.1, 0.15) is 5.54 Å². The molecule has 0 saturated heterocycles. The molecule has 0 heterocycles. The summed E-state index contributed by atoms with van der Waals surface area (Å²) in [5.74, 6) is 0.363. The third kappa shape index (κ3) is 4.76. The summed E-state index contributed by atoms with van der Waals surface area (Å²) in [6.45, 7) is 3.59. The Hall–Kier alpha value is -1.20. The molecule has 1 rings (SSSR count). The first-order valence-corrected chi connectivity index (χ1v) is 8.02. The summed E-state index contributed by atoms with van der Waals surface area (Å²) in [6, 6.07) is 9.24. The van der Waals surface area contributed by atoms with Gasteiger partial charge in [0.15, 0.2) is 0 Å². The average molecular weight is 282 g/mol. The number of hydrogen-bond acceptors (Lipinski definition) is 3. The van der Waals surface area contributed by atoms with Crippen LogP contribution in [0.2, 0.25) is 0 Å². The van der Waals surface area contributed by atoms with Crippen molar-refractivity contribution < 1.29 is 9.00 Å². The first-order valence-electron chi connectivity index (χ1n) is 6.29. The topological polar surface area (TPSA) is 72.2 Å². The van der Waals surface area contributed by atoms with Crippen molar-refractivity contribution >= 4 is 16.7 Å². The molecule has 19 heavy (non-hydrogen) atoms. The van der Waals surface area contributed by atoms with Gasteiger partial charge in [-0.1, -0.05) is 30.3 Å². The van der Waals surface area contributed by atoms with E-state index in [1.807, 2.05) is 37.3 Å².